The average Bonchev–Trinajstić information content (AvgIpc) is 2.99. The third-order valence-electron chi connectivity index (χ3n) is 4.28. The highest BCUT2D eigenvalue weighted by atomic mass is 16.5. The van der Waals surface area contributed by atoms with Crippen molar-refractivity contribution in [2.75, 3.05) is 13.2 Å². The number of hydrogen-bond donors (Lipinski definition) is 3. The number of carbonyl (C=O) groups is 1. The van der Waals surface area contributed by atoms with Crippen molar-refractivity contribution in [1.29, 1.82) is 0 Å². The molecule has 5 heteroatoms. The standard InChI is InChI=1S/C18H18O5/c19-9-15-16(17(22)11-1-5-13(20)6-2-11)10-23-18(15)12-3-7-14(21)8-4-12/h1-8,15-16,18-21H,9-10H2/t15-,16-,18+/m1/s1. The van der Waals surface area contributed by atoms with E-state index in [0.29, 0.717) is 5.56 Å². The van der Waals surface area contributed by atoms with E-state index in [1.165, 1.54) is 12.1 Å². The summed E-state index contributed by atoms with van der Waals surface area (Å²) in [5, 5.41) is 28.4. The maximum absolute atomic E-state index is 12.6. The van der Waals surface area contributed by atoms with Crippen LogP contribution in [0.15, 0.2) is 48.5 Å². The fourth-order valence-corrected chi connectivity index (χ4v) is 3.01. The first-order chi connectivity index (χ1) is 11.1. The molecule has 120 valence electrons. The largest absolute Gasteiger partial charge is 0.508 e. The van der Waals surface area contributed by atoms with Gasteiger partial charge in [0.05, 0.1) is 18.6 Å². The zero-order valence-electron chi connectivity index (χ0n) is 12.4. The molecule has 3 N–H and O–H groups in total. The predicted octanol–water partition coefficient (Wildman–Crippen LogP) is 2.28. The molecule has 3 rings (SSSR count). The maximum atomic E-state index is 12.6. The summed E-state index contributed by atoms with van der Waals surface area (Å²) in [7, 11) is 0. The average molecular weight is 314 g/mol. The lowest BCUT2D eigenvalue weighted by Crippen LogP contribution is -2.26. The number of Topliss-reactive ketones (excluding diaryl/α,β-unsaturated/α-hetero) is 1. The Morgan fingerprint density at radius 3 is 2.13 bits per heavy atom. The SMILES string of the molecule is O=C(c1ccc(O)cc1)[C@@H]1CO[C@@H](c2ccc(O)cc2)[C@@H]1CO. The smallest absolute Gasteiger partial charge is 0.168 e. The van der Waals surface area contributed by atoms with E-state index >= 15 is 0 Å². The summed E-state index contributed by atoms with van der Waals surface area (Å²) in [5.74, 6) is -0.636. The number of phenolic OH excluding ortho intramolecular Hbond substituents is 2. The van der Waals surface area contributed by atoms with Crippen molar-refractivity contribution in [3.05, 3.63) is 59.7 Å². The number of ether oxygens (including phenoxy) is 1. The first-order valence-corrected chi connectivity index (χ1v) is 7.45. The maximum Gasteiger partial charge on any atom is 0.168 e. The monoisotopic (exact) mass is 314 g/mol. The highest BCUT2D eigenvalue weighted by molar-refractivity contribution is 5.98. The highest BCUT2D eigenvalue weighted by Gasteiger charge is 2.41. The number of phenols is 2. The van der Waals surface area contributed by atoms with Crippen molar-refractivity contribution >= 4 is 5.78 Å². The predicted molar refractivity (Wildman–Crippen MR) is 83.3 cm³/mol. The van der Waals surface area contributed by atoms with Crippen molar-refractivity contribution < 1.29 is 24.9 Å². The molecule has 0 amide bonds. The molecule has 1 aliphatic rings. The van der Waals surface area contributed by atoms with Crippen LogP contribution < -0.4 is 0 Å². The van der Waals surface area contributed by atoms with Gasteiger partial charge in [0.2, 0.25) is 0 Å². The van der Waals surface area contributed by atoms with Gasteiger partial charge in [-0.05, 0) is 42.0 Å². The van der Waals surface area contributed by atoms with Gasteiger partial charge in [-0.1, -0.05) is 12.1 Å². The van der Waals surface area contributed by atoms with E-state index in [-0.39, 0.29) is 42.5 Å². The third kappa shape index (κ3) is 3.06. The lowest BCUT2D eigenvalue weighted by molar-refractivity contribution is 0.0714. The van der Waals surface area contributed by atoms with Crippen molar-refractivity contribution in [3.8, 4) is 11.5 Å². The summed E-state index contributed by atoms with van der Waals surface area (Å²) >= 11 is 0. The number of aliphatic hydroxyl groups excluding tert-OH is 1. The van der Waals surface area contributed by atoms with E-state index in [9.17, 15) is 20.1 Å². The van der Waals surface area contributed by atoms with Gasteiger partial charge in [0.1, 0.15) is 11.5 Å². The lowest BCUT2D eigenvalue weighted by Gasteiger charge is -2.20. The molecular weight excluding hydrogens is 296 g/mol. The van der Waals surface area contributed by atoms with Crippen molar-refractivity contribution in [3.63, 3.8) is 0 Å². The molecule has 0 saturated carbocycles. The van der Waals surface area contributed by atoms with Gasteiger partial charge in [-0.3, -0.25) is 4.79 Å². The van der Waals surface area contributed by atoms with Crippen LogP contribution >= 0.6 is 0 Å². The second kappa shape index (κ2) is 6.40. The minimum absolute atomic E-state index is 0.102. The molecule has 3 atom stereocenters. The Morgan fingerprint density at radius 1 is 1.00 bits per heavy atom. The van der Waals surface area contributed by atoms with E-state index in [4.69, 9.17) is 4.74 Å². The van der Waals surface area contributed by atoms with Crippen LogP contribution in [0.4, 0.5) is 0 Å². The molecule has 0 spiro atoms. The van der Waals surface area contributed by atoms with Crippen LogP contribution in [0.1, 0.15) is 22.0 Å². The quantitative estimate of drug-likeness (QED) is 0.754. The van der Waals surface area contributed by atoms with Gasteiger partial charge in [-0.15, -0.1) is 0 Å². The molecule has 1 heterocycles. The number of aromatic hydroxyl groups is 2. The molecule has 2 aromatic rings. The van der Waals surface area contributed by atoms with E-state index in [0.717, 1.165) is 5.56 Å². The van der Waals surface area contributed by atoms with Gasteiger partial charge in [-0.2, -0.15) is 0 Å². The number of benzene rings is 2. The van der Waals surface area contributed by atoms with Crippen LogP contribution in [0.2, 0.25) is 0 Å². The van der Waals surface area contributed by atoms with E-state index in [2.05, 4.69) is 0 Å². The van der Waals surface area contributed by atoms with Crippen LogP contribution in [0.5, 0.6) is 11.5 Å². The molecular formula is C18H18O5. The molecule has 0 aliphatic carbocycles. The summed E-state index contributed by atoms with van der Waals surface area (Å²) in [5.41, 5.74) is 1.31. The molecule has 1 saturated heterocycles. The summed E-state index contributed by atoms with van der Waals surface area (Å²) < 4.78 is 5.75. The highest BCUT2D eigenvalue weighted by Crippen LogP contribution is 2.40. The van der Waals surface area contributed by atoms with Gasteiger partial charge < -0.3 is 20.1 Å². The Kier molecular flexibility index (Phi) is 4.32. The first-order valence-electron chi connectivity index (χ1n) is 7.45. The normalized spacial score (nSPS) is 23.8. The number of hydrogen-bond acceptors (Lipinski definition) is 5. The number of carbonyl (C=O) groups excluding carboxylic acids is 1. The van der Waals surface area contributed by atoms with Crippen LogP contribution in [0, 0.1) is 11.8 Å². The van der Waals surface area contributed by atoms with Crippen molar-refractivity contribution in [1.82, 2.24) is 0 Å². The lowest BCUT2D eigenvalue weighted by atomic mass is 9.83. The Balaban J connectivity index is 1.82. The van der Waals surface area contributed by atoms with Crippen molar-refractivity contribution in [2.45, 2.75) is 6.10 Å². The Morgan fingerprint density at radius 2 is 1.57 bits per heavy atom. The zero-order valence-corrected chi connectivity index (χ0v) is 12.4. The van der Waals surface area contributed by atoms with E-state index < -0.39 is 5.92 Å². The Hall–Kier alpha value is -2.37. The minimum atomic E-state index is -0.441. The van der Waals surface area contributed by atoms with Crippen LogP contribution in [0.25, 0.3) is 0 Å². The van der Waals surface area contributed by atoms with E-state index in [1.807, 2.05) is 0 Å². The summed E-state index contributed by atoms with van der Waals surface area (Å²) in [6, 6.07) is 12.7. The zero-order chi connectivity index (χ0) is 16.4. The first kappa shape index (κ1) is 15.5. The molecule has 0 bridgehead atoms. The van der Waals surface area contributed by atoms with Gasteiger partial charge in [0.15, 0.2) is 5.78 Å². The van der Waals surface area contributed by atoms with Crippen molar-refractivity contribution in [2.24, 2.45) is 11.8 Å². The molecule has 1 fully saturated rings. The molecule has 23 heavy (non-hydrogen) atoms. The second-order valence-electron chi connectivity index (χ2n) is 5.71. The molecule has 0 aromatic heterocycles. The van der Waals surface area contributed by atoms with Crippen LogP contribution in [-0.4, -0.2) is 34.3 Å². The van der Waals surface area contributed by atoms with E-state index in [1.54, 1.807) is 36.4 Å². The number of aliphatic hydroxyl groups is 1. The molecule has 2 aromatic carbocycles. The van der Waals surface area contributed by atoms with Gasteiger partial charge >= 0.3 is 0 Å². The van der Waals surface area contributed by atoms with Crippen LogP contribution in [0.3, 0.4) is 0 Å². The van der Waals surface area contributed by atoms with Gasteiger partial charge in [-0.25, -0.2) is 0 Å². The fraction of sp³-hybridized carbons (Fsp3) is 0.278. The molecule has 5 nitrogen and oxygen atoms in total. The number of rotatable bonds is 4. The minimum Gasteiger partial charge on any atom is -0.508 e. The Bertz CT molecular complexity index is 678. The number of ketones is 1. The molecule has 1 aliphatic heterocycles. The summed E-state index contributed by atoms with van der Waals surface area (Å²) in [6.45, 7) is 0.0660. The van der Waals surface area contributed by atoms with Gasteiger partial charge in [0, 0.05) is 18.1 Å². The van der Waals surface area contributed by atoms with Crippen LogP contribution in [-0.2, 0) is 4.74 Å². The topological polar surface area (TPSA) is 87.0 Å². The molecule has 0 unspecified atom stereocenters. The molecule has 0 radical (unpaired) electrons. The van der Waals surface area contributed by atoms with Gasteiger partial charge in [0.25, 0.3) is 0 Å². The summed E-state index contributed by atoms with van der Waals surface area (Å²) in [6.07, 6.45) is -0.383. The second-order valence-corrected chi connectivity index (χ2v) is 5.71. The summed E-state index contributed by atoms with van der Waals surface area (Å²) in [4.78, 5) is 12.6. The third-order valence-corrected chi connectivity index (χ3v) is 4.28. The Labute approximate surface area is 133 Å². The fourth-order valence-electron chi connectivity index (χ4n) is 3.01.